The van der Waals surface area contributed by atoms with Crippen LogP contribution in [0.4, 0.5) is 5.69 Å². The van der Waals surface area contributed by atoms with E-state index in [2.05, 4.69) is 20.7 Å². The van der Waals surface area contributed by atoms with Gasteiger partial charge >= 0.3 is 0 Å². The average molecular weight is 411 g/mol. The van der Waals surface area contributed by atoms with Gasteiger partial charge in [0.25, 0.3) is 0 Å². The fraction of sp³-hybridized carbons (Fsp3) is 0.300. The van der Waals surface area contributed by atoms with E-state index in [0.29, 0.717) is 16.4 Å². The molecule has 1 amide bonds. The van der Waals surface area contributed by atoms with Crippen molar-refractivity contribution in [2.24, 2.45) is 0 Å². The number of benzene rings is 2. The lowest BCUT2D eigenvalue weighted by Crippen LogP contribution is -2.21. The molecular formula is C20H21N5O3S. The molecule has 9 heteroatoms. The van der Waals surface area contributed by atoms with Crippen LogP contribution in [0.2, 0.25) is 0 Å². The fourth-order valence-electron chi connectivity index (χ4n) is 3.46. The fourth-order valence-corrected chi connectivity index (χ4v) is 5.32. The molecule has 3 aromatic rings. The van der Waals surface area contributed by atoms with Gasteiger partial charge in [-0.15, -0.1) is 10.2 Å². The first-order valence-electron chi connectivity index (χ1n) is 9.49. The summed E-state index contributed by atoms with van der Waals surface area (Å²) in [4.78, 5) is 13.8. The third kappa shape index (κ3) is 4.34. The lowest BCUT2D eigenvalue weighted by molar-refractivity contribution is -0.117. The first-order chi connectivity index (χ1) is 14.0. The SMILES string of the molecule is O=C(Cn1nnc(-c2ccccc2)n1)Nc1ccc(S(=O)(=O)C2CCCC2)cc1. The van der Waals surface area contributed by atoms with Crippen LogP contribution in [0.1, 0.15) is 25.7 Å². The molecule has 1 aromatic heterocycles. The third-order valence-electron chi connectivity index (χ3n) is 4.98. The summed E-state index contributed by atoms with van der Waals surface area (Å²) < 4.78 is 25.2. The van der Waals surface area contributed by atoms with Gasteiger partial charge in [0.2, 0.25) is 11.7 Å². The Labute approximate surface area is 168 Å². The van der Waals surface area contributed by atoms with E-state index in [0.717, 1.165) is 31.2 Å². The zero-order valence-electron chi connectivity index (χ0n) is 15.7. The van der Waals surface area contributed by atoms with E-state index in [-0.39, 0.29) is 17.7 Å². The van der Waals surface area contributed by atoms with Crippen molar-refractivity contribution in [2.75, 3.05) is 5.32 Å². The largest absolute Gasteiger partial charge is 0.324 e. The Balaban J connectivity index is 1.38. The number of nitrogens with zero attached hydrogens (tertiary/aromatic N) is 4. The minimum Gasteiger partial charge on any atom is -0.324 e. The maximum Gasteiger partial charge on any atom is 0.248 e. The third-order valence-corrected chi connectivity index (χ3v) is 7.26. The topological polar surface area (TPSA) is 107 Å². The second-order valence-corrected chi connectivity index (χ2v) is 9.26. The Bertz CT molecular complexity index is 1090. The smallest absolute Gasteiger partial charge is 0.248 e. The van der Waals surface area contributed by atoms with Gasteiger partial charge in [0.05, 0.1) is 10.1 Å². The normalized spacial score (nSPS) is 14.8. The number of anilines is 1. The lowest BCUT2D eigenvalue weighted by atomic mass is 10.2. The number of tetrazole rings is 1. The van der Waals surface area contributed by atoms with Gasteiger partial charge in [0, 0.05) is 11.3 Å². The van der Waals surface area contributed by atoms with Crippen LogP contribution in [0.3, 0.4) is 0 Å². The molecular weight excluding hydrogens is 390 g/mol. The molecule has 0 atom stereocenters. The van der Waals surface area contributed by atoms with Crippen LogP contribution in [-0.2, 0) is 21.2 Å². The van der Waals surface area contributed by atoms with Crippen molar-refractivity contribution < 1.29 is 13.2 Å². The van der Waals surface area contributed by atoms with Gasteiger partial charge in [-0.25, -0.2) is 8.42 Å². The lowest BCUT2D eigenvalue weighted by Gasteiger charge is -2.12. The number of carbonyl (C=O) groups excluding carboxylic acids is 1. The number of amides is 1. The molecule has 1 heterocycles. The molecule has 0 aliphatic heterocycles. The van der Waals surface area contributed by atoms with Crippen molar-refractivity contribution in [3.05, 3.63) is 54.6 Å². The second-order valence-electron chi connectivity index (χ2n) is 7.03. The molecule has 2 aromatic carbocycles. The molecule has 4 rings (SSSR count). The minimum atomic E-state index is -3.30. The van der Waals surface area contributed by atoms with Crippen molar-refractivity contribution in [1.82, 2.24) is 20.2 Å². The summed E-state index contributed by atoms with van der Waals surface area (Å²) in [6.07, 6.45) is 3.36. The second kappa shape index (κ2) is 8.12. The first kappa shape index (κ1) is 19.3. The molecule has 0 unspecified atom stereocenters. The van der Waals surface area contributed by atoms with Crippen molar-refractivity contribution in [3.63, 3.8) is 0 Å². The van der Waals surface area contributed by atoms with E-state index in [4.69, 9.17) is 0 Å². The highest BCUT2D eigenvalue weighted by molar-refractivity contribution is 7.92. The zero-order chi connectivity index (χ0) is 20.3. The molecule has 1 aliphatic carbocycles. The molecule has 150 valence electrons. The number of sulfone groups is 1. The van der Waals surface area contributed by atoms with E-state index in [9.17, 15) is 13.2 Å². The first-order valence-corrected chi connectivity index (χ1v) is 11.0. The van der Waals surface area contributed by atoms with Gasteiger partial charge in [0.1, 0.15) is 6.54 Å². The van der Waals surface area contributed by atoms with Crippen LogP contribution in [0.15, 0.2) is 59.5 Å². The highest BCUT2D eigenvalue weighted by Crippen LogP contribution is 2.30. The van der Waals surface area contributed by atoms with Crippen LogP contribution < -0.4 is 5.32 Å². The van der Waals surface area contributed by atoms with Crippen LogP contribution >= 0.6 is 0 Å². The minimum absolute atomic E-state index is 0.0953. The molecule has 0 bridgehead atoms. The number of hydrogen-bond donors (Lipinski definition) is 1. The van der Waals surface area contributed by atoms with Crippen molar-refractivity contribution in [2.45, 2.75) is 42.4 Å². The summed E-state index contributed by atoms with van der Waals surface area (Å²) in [7, 11) is -3.30. The van der Waals surface area contributed by atoms with Gasteiger partial charge in [-0.1, -0.05) is 43.2 Å². The highest BCUT2D eigenvalue weighted by Gasteiger charge is 2.30. The van der Waals surface area contributed by atoms with Crippen LogP contribution in [0, 0.1) is 0 Å². The number of rotatable bonds is 6. The number of carbonyl (C=O) groups is 1. The van der Waals surface area contributed by atoms with Gasteiger partial charge in [-0.05, 0) is 42.3 Å². The Morgan fingerprint density at radius 3 is 2.41 bits per heavy atom. The van der Waals surface area contributed by atoms with E-state index in [1.165, 1.54) is 4.80 Å². The highest BCUT2D eigenvalue weighted by atomic mass is 32.2. The Morgan fingerprint density at radius 1 is 1.03 bits per heavy atom. The molecule has 1 saturated carbocycles. The van der Waals surface area contributed by atoms with E-state index >= 15 is 0 Å². The summed E-state index contributed by atoms with van der Waals surface area (Å²) in [5.74, 6) is 0.119. The van der Waals surface area contributed by atoms with Gasteiger partial charge in [-0.3, -0.25) is 4.79 Å². The number of nitrogens with one attached hydrogen (secondary N) is 1. The van der Waals surface area contributed by atoms with Crippen LogP contribution in [-0.4, -0.2) is 39.8 Å². The van der Waals surface area contributed by atoms with Crippen LogP contribution in [0.25, 0.3) is 11.4 Å². The number of hydrogen-bond acceptors (Lipinski definition) is 6. The van der Waals surface area contributed by atoms with Crippen molar-refractivity contribution in [3.8, 4) is 11.4 Å². The van der Waals surface area contributed by atoms with Crippen molar-refractivity contribution >= 4 is 21.4 Å². The van der Waals surface area contributed by atoms with Gasteiger partial charge < -0.3 is 5.32 Å². The molecule has 1 N–H and O–H groups in total. The van der Waals surface area contributed by atoms with E-state index < -0.39 is 9.84 Å². The Hall–Kier alpha value is -3.07. The summed E-state index contributed by atoms with van der Waals surface area (Å²) in [5.41, 5.74) is 1.34. The van der Waals surface area contributed by atoms with Gasteiger partial charge in [0.15, 0.2) is 9.84 Å². The molecule has 1 fully saturated rings. The molecule has 0 saturated heterocycles. The van der Waals surface area contributed by atoms with Gasteiger partial charge in [-0.2, -0.15) is 4.80 Å². The van der Waals surface area contributed by atoms with Crippen molar-refractivity contribution in [1.29, 1.82) is 0 Å². The molecule has 0 radical (unpaired) electrons. The summed E-state index contributed by atoms with van der Waals surface area (Å²) >= 11 is 0. The predicted molar refractivity (Wildman–Crippen MR) is 108 cm³/mol. The molecule has 0 spiro atoms. The predicted octanol–water partition coefficient (Wildman–Crippen LogP) is 2.70. The zero-order valence-corrected chi connectivity index (χ0v) is 16.5. The quantitative estimate of drug-likeness (QED) is 0.668. The monoisotopic (exact) mass is 411 g/mol. The summed E-state index contributed by atoms with van der Waals surface area (Å²) in [6, 6.07) is 15.7. The maximum absolute atomic E-state index is 12.6. The molecule has 1 aliphatic rings. The molecule has 29 heavy (non-hydrogen) atoms. The summed E-state index contributed by atoms with van der Waals surface area (Å²) in [5, 5.41) is 14.5. The van der Waals surface area contributed by atoms with Crippen LogP contribution in [0.5, 0.6) is 0 Å². The van der Waals surface area contributed by atoms with E-state index in [1.807, 2.05) is 30.3 Å². The Kier molecular flexibility index (Phi) is 5.39. The molecule has 8 nitrogen and oxygen atoms in total. The number of aromatic nitrogens is 4. The maximum atomic E-state index is 12.6. The summed E-state index contributed by atoms with van der Waals surface area (Å²) in [6.45, 7) is -0.0953. The average Bonchev–Trinajstić information content (AvgIpc) is 3.42. The van der Waals surface area contributed by atoms with E-state index in [1.54, 1.807) is 24.3 Å². The Morgan fingerprint density at radius 2 is 1.72 bits per heavy atom. The standard InChI is InChI=1S/C20H21N5O3S/c26-19(14-25-23-20(22-24-25)15-6-2-1-3-7-15)21-16-10-12-18(13-11-16)29(27,28)17-8-4-5-9-17/h1-3,6-7,10-13,17H,4-5,8-9,14H2,(H,21,26).